The minimum atomic E-state index is -3.55. The van der Waals surface area contributed by atoms with Crippen molar-refractivity contribution < 1.29 is 17.7 Å². The lowest BCUT2D eigenvalue weighted by atomic mass is 10.2. The van der Waals surface area contributed by atoms with Crippen molar-refractivity contribution >= 4 is 284 Å². The van der Waals surface area contributed by atoms with Gasteiger partial charge in [-0.25, -0.2) is 0 Å². The molecule has 8 heterocycles. The summed E-state index contributed by atoms with van der Waals surface area (Å²) in [6.07, 6.45) is 0. The third-order valence-corrected chi connectivity index (χ3v) is 35.4. The van der Waals surface area contributed by atoms with Gasteiger partial charge < -0.3 is 35.9 Å². The number of hydrogen-bond donors (Lipinski definition) is 0. The Morgan fingerprint density at radius 1 is 0.159 bits per heavy atom. The molecule has 0 N–H and O–H groups in total. The zero-order valence-corrected chi connectivity index (χ0v) is 67.1. The Balaban J connectivity index is 0.763. The highest BCUT2D eigenvalue weighted by atomic mass is 32.1. The normalized spacial score (nSPS) is 12.2. The second kappa shape index (κ2) is 26.0. The van der Waals surface area contributed by atoms with Gasteiger partial charge in [-0.2, -0.15) is 0 Å². The topological polar surface area (TPSA) is 72.3 Å². The standard InChI is InChI=1S/C96H56N4O4S8Si/c1-9-25-81-65(17-1)97(69-49-93-77(53-89(69)105-81)101-73-21-5-13-29-85(73)109-93)57-33-41-61(42-34-57)113(62-43-35-58(36-44-62)98-66-18-2-10-26-82(66)106-90-54-78-94(50-70(90)98)110-86-30-14-6-22-74(86)102-78,63-45-37-59(38-46-63)99-67-19-3-11-27-83(67)107-91-55-79-95(51-71(91)99)111-87-31-15-7-23-75(87)103-79)64-47-39-60(40-48-64)100-68-20-4-12-28-84(68)108-92-56-80-96(52-72(92)100)112-88-32-16-8-24-76(88)104-80/h1-56H. The average Bonchev–Trinajstić information content (AvgIpc) is 0.717. The molecule has 0 aliphatic carbocycles. The van der Waals surface area contributed by atoms with E-state index in [0.717, 1.165) is 168 Å². The number of para-hydroxylation sites is 8. The maximum atomic E-state index is 6.69. The van der Waals surface area contributed by atoms with E-state index in [2.05, 4.69) is 334 Å². The van der Waals surface area contributed by atoms with Crippen LogP contribution < -0.4 is 20.7 Å². The van der Waals surface area contributed by atoms with Crippen LogP contribution in [0.1, 0.15) is 0 Å². The van der Waals surface area contributed by atoms with Gasteiger partial charge in [0.15, 0.2) is 8.07 Å². The number of nitrogens with zero attached hydrogens (tertiary/aromatic N) is 4. The summed E-state index contributed by atoms with van der Waals surface area (Å²) in [4.78, 5) is 0. The summed E-state index contributed by atoms with van der Waals surface area (Å²) < 4.78 is 54.6. The van der Waals surface area contributed by atoms with Crippen molar-refractivity contribution in [2.45, 2.75) is 0 Å². The Kier molecular flexibility index (Phi) is 15.1. The lowest BCUT2D eigenvalue weighted by Gasteiger charge is -2.35. The third kappa shape index (κ3) is 10.6. The van der Waals surface area contributed by atoms with Crippen LogP contribution in [0.5, 0.6) is 0 Å². The fraction of sp³-hybridized carbons (Fsp3) is 0. The fourth-order valence-corrected chi connectivity index (χ4v) is 29.5. The predicted molar refractivity (Wildman–Crippen MR) is 490 cm³/mol. The lowest BCUT2D eigenvalue weighted by Crippen LogP contribution is -2.74. The Hall–Kier alpha value is -12.1. The van der Waals surface area contributed by atoms with Gasteiger partial charge in [-0.05, 0) is 191 Å². The number of hydrogen-bond acceptors (Lipinski definition) is 12. The van der Waals surface area contributed by atoms with Crippen molar-refractivity contribution in [3.63, 3.8) is 0 Å². The Labute approximate surface area is 675 Å². The fourth-order valence-electron chi connectivity index (χ4n) is 16.7. The van der Waals surface area contributed by atoms with Crippen molar-refractivity contribution in [3.05, 3.63) is 340 Å². The van der Waals surface area contributed by atoms with Crippen LogP contribution in [-0.2, 0) is 0 Å². The monoisotopic (exact) mass is 1610 g/mol. The molecule has 8 nitrogen and oxygen atoms in total. The summed E-state index contributed by atoms with van der Waals surface area (Å²) in [7, 11) is -3.55. The first-order valence-electron chi connectivity index (χ1n) is 37.1. The van der Waals surface area contributed by atoms with E-state index >= 15 is 0 Å². The van der Waals surface area contributed by atoms with Crippen molar-refractivity contribution in [1.82, 2.24) is 18.3 Å². The van der Waals surface area contributed by atoms with Crippen LogP contribution in [0.4, 0.5) is 0 Å². The van der Waals surface area contributed by atoms with Crippen LogP contribution in [0, 0.1) is 0 Å². The Bertz CT molecular complexity index is 7310. The molecule has 0 radical (unpaired) electrons. The van der Waals surface area contributed by atoms with Crippen LogP contribution in [-0.4, -0.2) is 26.3 Å². The maximum absolute atomic E-state index is 6.69. The smallest absolute Gasteiger partial charge is 0.179 e. The Morgan fingerprint density at radius 2 is 0.354 bits per heavy atom. The molecule has 0 aliphatic rings. The van der Waals surface area contributed by atoms with Gasteiger partial charge in [-0.15, -0.1) is 90.7 Å². The van der Waals surface area contributed by atoms with Crippen LogP contribution in [0.2, 0.25) is 0 Å². The summed E-state index contributed by atoms with van der Waals surface area (Å²) >= 11 is 14.3. The highest BCUT2D eigenvalue weighted by Crippen LogP contribution is 2.44. The van der Waals surface area contributed by atoms with Gasteiger partial charge in [0.2, 0.25) is 0 Å². The van der Waals surface area contributed by atoms with E-state index in [4.69, 9.17) is 17.7 Å². The van der Waals surface area contributed by atoms with Gasteiger partial charge in [-0.1, -0.05) is 146 Å². The van der Waals surface area contributed by atoms with Gasteiger partial charge in [0.05, 0.1) is 119 Å². The molecule has 16 aromatic carbocycles. The molecule has 0 fully saturated rings. The first-order valence-corrected chi connectivity index (χ1v) is 45.6. The molecule has 0 saturated heterocycles. The van der Waals surface area contributed by atoms with E-state index in [9.17, 15) is 0 Å². The van der Waals surface area contributed by atoms with Gasteiger partial charge in [-0.3, -0.25) is 0 Å². The molecule has 24 aromatic rings. The molecular weight excluding hydrogens is 1560 g/mol. The summed E-state index contributed by atoms with van der Waals surface area (Å²) in [6, 6.07) is 126. The van der Waals surface area contributed by atoms with Crippen molar-refractivity contribution in [3.8, 4) is 22.7 Å². The summed E-state index contributed by atoms with van der Waals surface area (Å²) in [6.45, 7) is 0. The highest BCUT2D eigenvalue weighted by Gasteiger charge is 2.42. The van der Waals surface area contributed by atoms with Crippen LogP contribution in [0.15, 0.2) is 357 Å². The first-order chi connectivity index (χ1) is 55.9. The molecule has 0 spiro atoms. The number of fused-ring (bicyclic) bond motifs is 16. The second-order valence-corrected chi connectivity index (χ2v) is 40.7. The largest absolute Gasteiger partial charge is 0.454 e. The van der Waals surface area contributed by atoms with Crippen LogP contribution in [0.3, 0.4) is 0 Å². The molecule has 0 atom stereocenters. The predicted octanol–water partition coefficient (Wildman–Crippen LogP) is 28.0. The van der Waals surface area contributed by atoms with Gasteiger partial charge in [0, 0.05) is 47.0 Å². The molecule has 536 valence electrons. The maximum Gasteiger partial charge on any atom is 0.179 e. The van der Waals surface area contributed by atoms with Gasteiger partial charge >= 0.3 is 0 Å². The van der Waals surface area contributed by atoms with E-state index in [0.29, 0.717) is 0 Å². The van der Waals surface area contributed by atoms with Crippen molar-refractivity contribution in [1.29, 1.82) is 0 Å². The van der Waals surface area contributed by atoms with E-state index in [1.165, 1.54) is 39.5 Å². The number of aromatic nitrogens is 4. The zero-order chi connectivity index (χ0) is 74.0. The third-order valence-electron chi connectivity index (χ3n) is 21.8. The molecule has 113 heavy (non-hydrogen) atoms. The Morgan fingerprint density at radius 3 is 0.584 bits per heavy atom. The molecule has 24 rings (SSSR count). The van der Waals surface area contributed by atoms with Crippen LogP contribution in [0.25, 0.3) is 187 Å². The van der Waals surface area contributed by atoms with Crippen molar-refractivity contribution in [2.24, 2.45) is 0 Å². The van der Waals surface area contributed by atoms with Crippen LogP contribution >= 0.6 is 90.7 Å². The SMILES string of the molecule is c1ccc2sc3cc4c(cc3oc2c1)sc1ccccc1n4-c1ccc([Si](c2ccc(-n3c4ccccc4sc4cc5oc6ccccc6sc5cc43)cc2)(c2ccc(-n3c4ccccc4sc4cc5oc6ccccc6sc5cc43)cc2)c2ccc(-n3c4ccccc4sc4cc5oc6ccccc6sc5cc43)cc2)cc1. The minimum Gasteiger partial charge on any atom is -0.454 e. The second-order valence-electron chi connectivity index (χ2n) is 28.2. The molecule has 0 amide bonds. The number of benzene rings is 16. The average molecular weight is 1610 g/mol. The minimum absolute atomic E-state index is 0.872. The summed E-state index contributed by atoms with van der Waals surface area (Å²) in [5, 5.41) is 4.93. The molecule has 8 aromatic heterocycles. The number of rotatable bonds is 8. The van der Waals surface area contributed by atoms with E-state index in [-0.39, 0.29) is 0 Å². The molecule has 0 saturated carbocycles. The van der Waals surface area contributed by atoms with E-state index in [1.807, 2.05) is 24.3 Å². The summed E-state index contributed by atoms with van der Waals surface area (Å²) in [5.74, 6) is 0. The lowest BCUT2D eigenvalue weighted by molar-refractivity contribution is 0.663. The molecular formula is C96H56N4O4S8Si. The van der Waals surface area contributed by atoms with Crippen molar-refractivity contribution in [2.75, 3.05) is 0 Å². The van der Waals surface area contributed by atoms with E-state index < -0.39 is 8.07 Å². The summed E-state index contributed by atoms with van der Waals surface area (Å²) in [5.41, 5.74) is 20.3. The molecule has 0 bridgehead atoms. The van der Waals surface area contributed by atoms with E-state index in [1.54, 1.807) is 90.7 Å². The zero-order valence-electron chi connectivity index (χ0n) is 59.5. The first kappa shape index (κ1) is 65.6. The quantitative estimate of drug-likeness (QED) is 0.0863. The van der Waals surface area contributed by atoms with Gasteiger partial charge in [0.1, 0.15) is 44.7 Å². The highest BCUT2D eigenvalue weighted by molar-refractivity contribution is 7.28. The molecule has 0 unspecified atom stereocenters. The van der Waals surface area contributed by atoms with Gasteiger partial charge in [0.25, 0.3) is 0 Å². The molecule has 17 heteroatoms. The molecule has 0 aliphatic heterocycles.